The SMILES string of the molecule is CCCCCCCc1cc(S(=O)(=O)[O-])c2c(CCCCCCC)cccc2c1.[Na+]. The molecule has 0 saturated heterocycles. The Morgan fingerprint density at radius 3 is 1.97 bits per heavy atom. The number of unbranched alkanes of at least 4 members (excludes halogenated alkanes) is 8. The summed E-state index contributed by atoms with van der Waals surface area (Å²) in [4.78, 5) is -0.0299. The van der Waals surface area contributed by atoms with Crippen molar-refractivity contribution in [3.63, 3.8) is 0 Å². The van der Waals surface area contributed by atoms with Gasteiger partial charge in [0.1, 0.15) is 10.1 Å². The van der Waals surface area contributed by atoms with E-state index in [9.17, 15) is 13.0 Å². The van der Waals surface area contributed by atoms with Gasteiger partial charge in [-0.1, -0.05) is 89.5 Å². The number of rotatable bonds is 13. The molecule has 0 aliphatic heterocycles. The molecule has 29 heavy (non-hydrogen) atoms. The van der Waals surface area contributed by atoms with E-state index in [1.54, 1.807) is 6.07 Å². The number of hydrogen-bond donors (Lipinski definition) is 0. The van der Waals surface area contributed by atoms with Gasteiger partial charge in [-0.2, -0.15) is 0 Å². The third-order valence-electron chi connectivity index (χ3n) is 5.47. The largest absolute Gasteiger partial charge is 1.00 e. The average Bonchev–Trinajstić information content (AvgIpc) is 2.66. The molecule has 0 atom stereocenters. The van der Waals surface area contributed by atoms with Crippen molar-refractivity contribution in [1.82, 2.24) is 0 Å². The van der Waals surface area contributed by atoms with Crippen LogP contribution in [0.25, 0.3) is 10.8 Å². The zero-order chi connectivity index (χ0) is 20.4. The van der Waals surface area contributed by atoms with Crippen LogP contribution >= 0.6 is 0 Å². The van der Waals surface area contributed by atoms with Crippen LogP contribution < -0.4 is 29.6 Å². The first-order valence-electron chi connectivity index (χ1n) is 11.0. The van der Waals surface area contributed by atoms with Crippen molar-refractivity contribution >= 4 is 20.9 Å². The fourth-order valence-electron chi connectivity index (χ4n) is 3.92. The second kappa shape index (κ2) is 13.8. The van der Waals surface area contributed by atoms with Crippen molar-refractivity contribution in [2.24, 2.45) is 0 Å². The van der Waals surface area contributed by atoms with Crippen molar-refractivity contribution in [3.8, 4) is 0 Å². The minimum atomic E-state index is -4.50. The third kappa shape index (κ3) is 8.70. The Morgan fingerprint density at radius 1 is 0.793 bits per heavy atom. The second-order valence-electron chi connectivity index (χ2n) is 7.89. The summed E-state index contributed by atoms with van der Waals surface area (Å²) in [6.07, 6.45) is 13.3. The molecular formula is C24H35NaO3S. The standard InChI is InChI=1S/C24H36O3S.Na/c1-3-5-7-9-11-14-20-18-22-17-13-16-21(15-12-10-8-6-4-2)24(22)23(19-20)28(25,26)27;/h13,16-19H,3-12,14-15H2,1-2H3,(H,25,26,27);/q;+1/p-1. The molecule has 0 unspecified atom stereocenters. The van der Waals surface area contributed by atoms with E-state index < -0.39 is 10.1 Å². The van der Waals surface area contributed by atoms with E-state index in [0.717, 1.165) is 55.0 Å². The molecule has 3 nitrogen and oxygen atoms in total. The molecule has 0 saturated carbocycles. The van der Waals surface area contributed by atoms with Gasteiger partial charge in [-0.3, -0.25) is 0 Å². The van der Waals surface area contributed by atoms with E-state index in [0.29, 0.717) is 5.39 Å². The normalized spacial score (nSPS) is 11.6. The Morgan fingerprint density at radius 2 is 1.38 bits per heavy atom. The molecule has 0 amide bonds. The monoisotopic (exact) mass is 426 g/mol. The molecular weight excluding hydrogens is 391 g/mol. The number of aryl methyl sites for hydroxylation is 2. The number of hydrogen-bond acceptors (Lipinski definition) is 3. The summed E-state index contributed by atoms with van der Waals surface area (Å²) in [5.74, 6) is 0. The van der Waals surface area contributed by atoms with Gasteiger partial charge in [0.15, 0.2) is 0 Å². The van der Waals surface area contributed by atoms with Crippen LogP contribution in [0.4, 0.5) is 0 Å². The summed E-state index contributed by atoms with van der Waals surface area (Å²) in [6.45, 7) is 4.38. The minimum Gasteiger partial charge on any atom is -0.744 e. The molecule has 2 aromatic carbocycles. The maximum atomic E-state index is 12.0. The van der Waals surface area contributed by atoms with Crippen molar-refractivity contribution in [2.45, 2.75) is 95.8 Å². The maximum absolute atomic E-state index is 12.0. The summed E-state index contributed by atoms with van der Waals surface area (Å²) in [7, 11) is -4.50. The summed E-state index contributed by atoms with van der Waals surface area (Å²) < 4.78 is 36.1. The molecule has 0 aromatic heterocycles. The molecule has 2 rings (SSSR count). The molecule has 2 aromatic rings. The quantitative estimate of drug-likeness (QED) is 0.278. The predicted molar refractivity (Wildman–Crippen MR) is 117 cm³/mol. The minimum absolute atomic E-state index is 0. The first-order valence-corrected chi connectivity index (χ1v) is 12.4. The van der Waals surface area contributed by atoms with Crippen molar-refractivity contribution in [1.29, 1.82) is 0 Å². The van der Waals surface area contributed by atoms with Crippen molar-refractivity contribution in [3.05, 3.63) is 41.5 Å². The Kier molecular flexibility index (Phi) is 12.7. The topological polar surface area (TPSA) is 57.2 Å². The van der Waals surface area contributed by atoms with Gasteiger partial charge < -0.3 is 4.55 Å². The van der Waals surface area contributed by atoms with Crippen LogP contribution in [0.2, 0.25) is 0 Å². The summed E-state index contributed by atoms with van der Waals surface area (Å²) in [5, 5.41) is 1.52. The fraction of sp³-hybridized carbons (Fsp3) is 0.583. The molecule has 0 N–H and O–H groups in total. The fourth-order valence-corrected chi connectivity index (χ4v) is 4.72. The Labute approximate surface area is 199 Å². The third-order valence-corrected chi connectivity index (χ3v) is 6.34. The van der Waals surface area contributed by atoms with E-state index in [-0.39, 0.29) is 34.5 Å². The van der Waals surface area contributed by atoms with Gasteiger partial charge in [0.05, 0.1) is 4.90 Å². The molecule has 5 heteroatoms. The smallest absolute Gasteiger partial charge is 0.744 e. The van der Waals surface area contributed by atoms with Crippen LogP contribution in [0.15, 0.2) is 35.2 Å². The van der Waals surface area contributed by atoms with Crippen molar-refractivity contribution < 1.29 is 42.5 Å². The van der Waals surface area contributed by atoms with Gasteiger partial charge in [0, 0.05) is 5.39 Å². The number of benzene rings is 2. The molecule has 0 bridgehead atoms. The Bertz CT molecular complexity index is 847. The molecule has 0 aliphatic carbocycles. The van der Waals surface area contributed by atoms with Gasteiger partial charge in [-0.25, -0.2) is 8.42 Å². The van der Waals surface area contributed by atoms with Gasteiger partial charge in [0.2, 0.25) is 0 Å². The molecule has 0 heterocycles. The molecule has 0 fully saturated rings. The molecule has 0 spiro atoms. The van der Waals surface area contributed by atoms with Gasteiger partial charge in [0.25, 0.3) is 0 Å². The molecule has 0 radical (unpaired) electrons. The van der Waals surface area contributed by atoms with Crippen LogP contribution in [0, 0.1) is 0 Å². The van der Waals surface area contributed by atoms with Gasteiger partial charge in [-0.15, -0.1) is 0 Å². The van der Waals surface area contributed by atoms with E-state index in [1.807, 2.05) is 18.2 Å². The second-order valence-corrected chi connectivity index (χ2v) is 9.24. The van der Waals surface area contributed by atoms with Crippen LogP contribution in [-0.4, -0.2) is 13.0 Å². The van der Waals surface area contributed by atoms with E-state index in [1.165, 1.54) is 38.5 Å². The predicted octanol–water partition coefficient (Wildman–Crippen LogP) is 3.77. The van der Waals surface area contributed by atoms with Crippen LogP contribution in [-0.2, 0) is 23.0 Å². The van der Waals surface area contributed by atoms with E-state index >= 15 is 0 Å². The van der Waals surface area contributed by atoms with Crippen LogP contribution in [0.1, 0.15) is 89.2 Å². The van der Waals surface area contributed by atoms with Crippen LogP contribution in [0.3, 0.4) is 0 Å². The zero-order valence-corrected chi connectivity index (χ0v) is 21.3. The van der Waals surface area contributed by atoms with Gasteiger partial charge in [-0.05, 0) is 48.3 Å². The first-order chi connectivity index (χ1) is 13.5. The summed E-state index contributed by atoms with van der Waals surface area (Å²) in [5.41, 5.74) is 1.94. The molecule has 156 valence electrons. The maximum Gasteiger partial charge on any atom is 1.00 e. The number of fused-ring (bicyclic) bond motifs is 1. The first kappa shape index (κ1) is 26.6. The van der Waals surface area contributed by atoms with Crippen LogP contribution in [0.5, 0.6) is 0 Å². The summed E-state index contributed by atoms with van der Waals surface area (Å²) >= 11 is 0. The zero-order valence-electron chi connectivity index (χ0n) is 18.5. The van der Waals surface area contributed by atoms with Crippen molar-refractivity contribution in [2.75, 3.05) is 0 Å². The average molecular weight is 427 g/mol. The molecule has 0 aliphatic rings. The Balaban J connectivity index is 0.00000420. The van der Waals surface area contributed by atoms with E-state index in [2.05, 4.69) is 19.9 Å². The van der Waals surface area contributed by atoms with E-state index in [4.69, 9.17) is 0 Å². The van der Waals surface area contributed by atoms with Gasteiger partial charge >= 0.3 is 29.6 Å². The summed E-state index contributed by atoms with van der Waals surface area (Å²) in [6, 6.07) is 9.60. The Hall–Kier alpha value is -0.390.